The first-order valence-electron chi connectivity index (χ1n) is 5.92. The van der Waals surface area contributed by atoms with Gasteiger partial charge >= 0.3 is 0 Å². The van der Waals surface area contributed by atoms with Crippen molar-refractivity contribution in [3.05, 3.63) is 24.3 Å². The summed E-state index contributed by atoms with van der Waals surface area (Å²) in [4.78, 5) is 2.54. The smallest absolute Gasteiger partial charge is 0.0602 e. The van der Waals surface area contributed by atoms with Gasteiger partial charge < -0.3 is 10.2 Å². The number of nitrogens with one attached hydrogen (secondary N) is 1. The summed E-state index contributed by atoms with van der Waals surface area (Å²) in [6, 6.07) is 8.65. The average Bonchev–Trinajstić information content (AvgIpc) is 2.95. The van der Waals surface area contributed by atoms with Crippen LogP contribution in [0.4, 0.5) is 11.4 Å². The Balaban J connectivity index is 1.80. The molecule has 0 radical (unpaired) electrons. The fourth-order valence-corrected chi connectivity index (χ4v) is 2.47. The van der Waals surface area contributed by atoms with E-state index in [2.05, 4.69) is 41.4 Å². The molecular weight excluding hydrogens is 184 g/mol. The van der Waals surface area contributed by atoms with E-state index in [-0.39, 0.29) is 0 Å². The van der Waals surface area contributed by atoms with Crippen LogP contribution in [-0.4, -0.2) is 19.6 Å². The van der Waals surface area contributed by atoms with E-state index in [9.17, 15) is 0 Å². The summed E-state index contributed by atoms with van der Waals surface area (Å²) in [5, 5.41) is 3.46. The van der Waals surface area contributed by atoms with Crippen molar-refractivity contribution in [2.45, 2.75) is 13.3 Å². The van der Waals surface area contributed by atoms with Crippen molar-refractivity contribution >= 4 is 11.4 Å². The lowest BCUT2D eigenvalue weighted by Gasteiger charge is -2.32. The molecule has 1 aromatic carbocycles. The highest BCUT2D eigenvalue weighted by molar-refractivity contribution is 5.71. The van der Waals surface area contributed by atoms with Crippen LogP contribution in [-0.2, 0) is 0 Å². The summed E-state index contributed by atoms with van der Waals surface area (Å²) in [5.74, 6) is 1.89. The lowest BCUT2D eigenvalue weighted by molar-refractivity contribution is 0.681. The topological polar surface area (TPSA) is 15.3 Å². The molecule has 0 bridgehead atoms. The first-order valence-corrected chi connectivity index (χ1v) is 5.92. The summed E-state index contributed by atoms with van der Waals surface area (Å²) < 4.78 is 0. The van der Waals surface area contributed by atoms with Gasteiger partial charge in [-0.2, -0.15) is 0 Å². The number of fused-ring (bicyclic) bond motifs is 1. The zero-order valence-electron chi connectivity index (χ0n) is 9.24. The average molecular weight is 202 g/mol. The number of para-hydroxylation sites is 2. The number of nitrogens with zero attached hydrogens (tertiary/aromatic N) is 1. The highest BCUT2D eigenvalue weighted by Gasteiger charge is 2.34. The van der Waals surface area contributed by atoms with Gasteiger partial charge in [0.05, 0.1) is 11.4 Å². The van der Waals surface area contributed by atoms with Gasteiger partial charge in [-0.1, -0.05) is 19.1 Å². The molecule has 1 aliphatic carbocycles. The van der Waals surface area contributed by atoms with E-state index in [1.54, 1.807) is 0 Å². The predicted octanol–water partition coefficient (Wildman–Crippen LogP) is 2.57. The van der Waals surface area contributed by atoms with E-state index in [1.165, 1.54) is 24.3 Å². The Morgan fingerprint density at radius 3 is 3.00 bits per heavy atom. The summed E-state index contributed by atoms with van der Waals surface area (Å²) in [5.41, 5.74) is 2.69. The molecule has 80 valence electrons. The molecule has 2 unspecified atom stereocenters. The van der Waals surface area contributed by atoms with Gasteiger partial charge in [-0.05, 0) is 30.4 Å². The van der Waals surface area contributed by atoms with Gasteiger partial charge in [0.2, 0.25) is 0 Å². The van der Waals surface area contributed by atoms with E-state index >= 15 is 0 Å². The van der Waals surface area contributed by atoms with Crippen molar-refractivity contribution in [3.8, 4) is 0 Å². The minimum Gasteiger partial charge on any atom is -0.382 e. The maximum Gasteiger partial charge on any atom is 0.0602 e. The summed E-state index contributed by atoms with van der Waals surface area (Å²) in [6.45, 7) is 5.84. The zero-order chi connectivity index (χ0) is 10.3. The monoisotopic (exact) mass is 202 g/mol. The Morgan fingerprint density at radius 2 is 2.20 bits per heavy atom. The van der Waals surface area contributed by atoms with Gasteiger partial charge in [-0.15, -0.1) is 0 Å². The number of hydrogen-bond acceptors (Lipinski definition) is 2. The summed E-state index contributed by atoms with van der Waals surface area (Å²) in [7, 11) is 0. The van der Waals surface area contributed by atoms with Gasteiger partial charge in [0, 0.05) is 19.6 Å². The number of rotatable bonds is 2. The molecule has 0 amide bonds. The van der Waals surface area contributed by atoms with Gasteiger partial charge in [0.1, 0.15) is 0 Å². The van der Waals surface area contributed by atoms with Crippen molar-refractivity contribution in [2.24, 2.45) is 11.8 Å². The van der Waals surface area contributed by atoms with E-state index in [1.807, 2.05) is 0 Å². The highest BCUT2D eigenvalue weighted by Crippen LogP contribution is 2.40. The van der Waals surface area contributed by atoms with Crippen molar-refractivity contribution in [1.82, 2.24) is 0 Å². The normalized spacial score (nSPS) is 28.2. The highest BCUT2D eigenvalue weighted by atomic mass is 15.2. The standard InChI is InChI=1S/C13H18N2/c1-10-8-11(10)9-15-7-6-14-12-4-2-3-5-13(12)15/h2-5,10-11,14H,6-9H2,1H3. The molecule has 2 heteroatoms. The Kier molecular flexibility index (Phi) is 2.08. The Morgan fingerprint density at radius 1 is 1.40 bits per heavy atom. The summed E-state index contributed by atoms with van der Waals surface area (Å²) in [6.07, 6.45) is 1.42. The molecule has 2 atom stereocenters. The van der Waals surface area contributed by atoms with Crippen LogP contribution in [0.3, 0.4) is 0 Å². The summed E-state index contributed by atoms with van der Waals surface area (Å²) >= 11 is 0. The van der Waals surface area contributed by atoms with Crippen LogP contribution in [0.25, 0.3) is 0 Å². The predicted molar refractivity (Wildman–Crippen MR) is 64.4 cm³/mol. The minimum absolute atomic E-state index is 0.941. The maximum absolute atomic E-state index is 3.46. The van der Waals surface area contributed by atoms with E-state index in [0.717, 1.165) is 24.9 Å². The fraction of sp³-hybridized carbons (Fsp3) is 0.538. The van der Waals surface area contributed by atoms with Crippen LogP contribution in [0.1, 0.15) is 13.3 Å². The SMILES string of the molecule is CC1CC1CN1CCNc2ccccc21. The Labute approximate surface area is 91.3 Å². The molecule has 0 spiro atoms. The molecule has 1 aliphatic heterocycles. The zero-order valence-corrected chi connectivity index (χ0v) is 9.24. The number of benzene rings is 1. The molecule has 15 heavy (non-hydrogen) atoms. The van der Waals surface area contributed by atoms with Crippen LogP contribution in [0, 0.1) is 11.8 Å². The van der Waals surface area contributed by atoms with Gasteiger partial charge in [-0.25, -0.2) is 0 Å². The van der Waals surface area contributed by atoms with Crippen LogP contribution >= 0.6 is 0 Å². The molecule has 1 fully saturated rings. The van der Waals surface area contributed by atoms with Gasteiger partial charge in [0.15, 0.2) is 0 Å². The van der Waals surface area contributed by atoms with Crippen LogP contribution < -0.4 is 10.2 Å². The molecule has 0 saturated heterocycles. The molecular formula is C13H18N2. The fourth-order valence-electron chi connectivity index (χ4n) is 2.47. The van der Waals surface area contributed by atoms with Gasteiger partial charge in [0.25, 0.3) is 0 Å². The maximum atomic E-state index is 3.46. The first-order chi connectivity index (χ1) is 7.34. The van der Waals surface area contributed by atoms with Crippen LogP contribution in [0.15, 0.2) is 24.3 Å². The second kappa shape index (κ2) is 3.44. The first kappa shape index (κ1) is 9.08. The van der Waals surface area contributed by atoms with Crippen molar-refractivity contribution in [1.29, 1.82) is 0 Å². The second-order valence-electron chi connectivity index (χ2n) is 4.86. The Hall–Kier alpha value is -1.18. The third-order valence-electron chi connectivity index (χ3n) is 3.67. The molecule has 1 N–H and O–H groups in total. The molecule has 3 rings (SSSR count). The molecule has 1 aromatic rings. The third kappa shape index (κ3) is 1.69. The largest absolute Gasteiger partial charge is 0.382 e. The van der Waals surface area contributed by atoms with Crippen LogP contribution in [0.5, 0.6) is 0 Å². The lowest BCUT2D eigenvalue weighted by atomic mass is 10.2. The Bertz CT molecular complexity index is 361. The van der Waals surface area contributed by atoms with Crippen molar-refractivity contribution in [3.63, 3.8) is 0 Å². The van der Waals surface area contributed by atoms with Gasteiger partial charge in [-0.3, -0.25) is 0 Å². The van der Waals surface area contributed by atoms with Crippen molar-refractivity contribution in [2.75, 3.05) is 29.9 Å². The number of hydrogen-bond donors (Lipinski definition) is 1. The van der Waals surface area contributed by atoms with E-state index < -0.39 is 0 Å². The molecule has 1 saturated carbocycles. The minimum atomic E-state index is 0.941. The van der Waals surface area contributed by atoms with E-state index in [4.69, 9.17) is 0 Å². The van der Waals surface area contributed by atoms with Crippen LogP contribution in [0.2, 0.25) is 0 Å². The molecule has 2 aliphatic rings. The van der Waals surface area contributed by atoms with Crippen molar-refractivity contribution < 1.29 is 0 Å². The van der Waals surface area contributed by atoms with E-state index in [0.29, 0.717) is 0 Å². The lowest BCUT2D eigenvalue weighted by Crippen LogP contribution is -2.35. The third-order valence-corrected chi connectivity index (χ3v) is 3.67. The quantitative estimate of drug-likeness (QED) is 0.793. The molecule has 1 heterocycles. The second-order valence-corrected chi connectivity index (χ2v) is 4.86. The number of anilines is 2. The molecule has 0 aromatic heterocycles. The molecule has 2 nitrogen and oxygen atoms in total.